The van der Waals surface area contributed by atoms with Gasteiger partial charge in [0, 0.05) is 19.8 Å². The molecule has 1 N–H and O–H groups in total. The zero-order valence-corrected chi connectivity index (χ0v) is 14.6. The fourth-order valence-corrected chi connectivity index (χ4v) is 3.40. The van der Waals surface area contributed by atoms with E-state index in [9.17, 15) is 0 Å². The molecule has 0 unspecified atom stereocenters. The molecule has 2 rings (SSSR count). The van der Waals surface area contributed by atoms with E-state index < -0.39 is 0 Å². The average molecular weight is 329 g/mol. The Kier molecular flexibility index (Phi) is 5.40. The average Bonchev–Trinajstić information content (AvgIpc) is 2.87. The summed E-state index contributed by atoms with van der Waals surface area (Å²) in [5, 5.41) is 0.929. The molecule has 0 spiro atoms. The highest BCUT2D eigenvalue weighted by atomic mass is 32.2. The van der Waals surface area contributed by atoms with E-state index in [1.807, 2.05) is 23.2 Å². The van der Waals surface area contributed by atoms with Crippen LogP contribution in [0.3, 0.4) is 0 Å². The van der Waals surface area contributed by atoms with Gasteiger partial charge in [0.1, 0.15) is 10.2 Å². The van der Waals surface area contributed by atoms with E-state index in [0.29, 0.717) is 9.41 Å². The highest BCUT2D eigenvalue weighted by Gasteiger charge is 2.09. The van der Waals surface area contributed by atoms with E-state index >= 15 is 0 Å². The molecule has 0 aromatic carbocycles. The lowest BCUT2D eigenvalue weighted by Gasteiger charge is -2.05. The fourth-order valence-electron chi connectivity index (χ4n) is 2.07. The van der Waals surface area contributed by atoms with E-state index in [-0.39, 0.29) is 0 Å². The predicted molar refractivity (Wildman–Crippen MR) is 90.6 cm³/mol. The van der Waals surface area contributed by atoms with Crippen molar-refractivity contribution in [2.75, 3.05) is 5.75 Å². The molecular weight excluding hydrogens is 308 g/mol. The van der Waals surface area contributed by atoms with Crippen LogP contribution in [0.4, 0.5) is 0 Å². The Morgan fingerprint density at radius 3 is 2.60 bits per heavy atom. The number of nitrogens with zero attached hydrogens (tertiary/aromatic N) is 3. The molecule has 0 saturated heterocycles. The van der Waals surface area contributed by atoms with Gasteiger partial charge < -0.3 is 14.1 Å². The van der Waals surface area contributed by atoms with E-state index in [4.69, 9.17) is 24.4 Å². The Labute approximate surface area is 133 Å². The number of H-pyrrole nitrogens is 1. The summed E-state index contributed by atoms with van der Waals surface area (Å²) in [4.78, 5) is 7.94. The molecule has 0 atom stereocenters. The smallest absolute Gasteiger partial charge is 0.182 e. The van der Waals surface area contributed by atoms with Gasteiger partial charge in [0.15, 0.2) is 15.6 Å². The number of hydrogen-bond acceptors (Lipinski definition) is 4. The number of imidazole rings is 1. The van der Waals surface area contributed by atoms with E-state index in [1.54, 1.807) is 11.8 Å². The number of fused-ring (bicyclic) bond motifs is 1. The maximum absolute atomic E-state index is 5.43. The van der Waals surface area contributed by atoms with Gasteiger partial charge in [0.05, 0.1) is 0 Å². The minimum atomic E-state index is 0.688. The fraction of sp³-hybridized carbons (Fsp3) is 0.615. The van der Waals surface area contributed by atoms with Crippen molar-refractivity contribution in [1.82, 2.24) is 19.1 Å². The molecule has 20 heavy (non-hydrogen) atoms. The number of aromatic amines is 1. The molecule has 7 heteroatoms. The van der Waals surface area contributed by atoms with E-state index in [0.717, 1.165) is 22.1 Å². The molecule has 0 amide bonds. The molecule has 0 fully saturated rings. The second-order valence-corrected chi connectivity index (χ2v) is 6.69. The molecule has 110 valence electrons. The van der Waals surface area contributed by atoms with Crippen LogP contribution in [-0.2, 0) is 14.1 Å². The maximum atomic E-state index is 5.43. The van der Waals surface area contributed by atoms with Crippen LogP contribution in [0.15, 0.2) is 5.16 Å². The second-order valence-electron chi connectivity index (χ2n) is 4.86. The van der Waals surface area contributed by atoms with Gasteiger partial charge in [-0.2, -0.15) is 0 Å². The number of hydrogen-bond donors (Lipinski definition) is 1. The topological polar surface area (TPSA) is 38.5 Å². The summed E-state index contributed by atoms with van der Waals surface area (Å²) in [5.41, 5.74) is 1.74. The second kappa shape index (κ2) is 6.87. The normalized spacial score (nSPS) is 11.3. The molecular formula is C13H20N4S3. The van der Waals surface area contributed by atoms with Crippen LogP contribution in [0.25, 0.3) is 11.2 Å². The summed E-state index contributed by atoms with van der Waals surface area (Å²) in [6.07, 6.45) is 5.08. The van der Waals surface area contributed by atoms with Crippen molar-refractivity contribution in [1.29, 1.82) is 0 Å². The number of rotatable bonds is 6. The first-order chi connectivity index (χ1) is 9.56. The van der Waals surface area contributed by atoms with Crippen LogP contribution in [0.2, 0.25) is 0 Å². The Morgan fingerprint density at radius 1 is 1.15 bits per heavy atom. The van der Waals surface area contributed by atoms with Gasteiger partial charge in [0.2, 0.25) is 0 Å². The molecule has 2 heterocycles. The van der Waals surface area contributed by atoms with Gasteiger partial charge in [-0.15, -0.1) is 0 Å². The first-order valence-electron chi connectivity index (χ1n) is 6.84. The zero-order chi connectivity index (χ0) is 14.7. The van der Waals surface area contributed by atoms with Crippen LogP contribution < -0.4 is 0 Å². The molecule has 4 nitrogen and oxygen atoms in total. The Hall–Kier alpha value is -0.660. The quantitative estimate of drug-likeness (QED) is 0.485. The van der Waals surface area contributed by atoms with Crippen molar-refractivity contribution in [3.05, 3.63) is 9.41 Å². The SMILES string of the molecule is CCCCCCSc1nc2c([nH]1)c(=S)n(C)c(=S)n2C. The third-order valence-electron chi connectivity index (χ3n) is 3.31. The minimum Gasteiger partial charge on any atom is -0.329 e. The first kappa shape index (κ1) is 15.7. The minimum absolute atomic E-state index is 0.688. The number of aromatic nitrogens is 4. The maximum Gasteiger partial charge on any atom is 0.182 e. The van der Waals surface area contributed by atoms with Gasteiger partial charge >= 0.3 is 0 Å². The highest BCUT2D eigenvalue weighted by Crippen LogP contribution is 2.21. The molecule has 0 radical (unpaired) electrons. The molecule has 0 aliphatic rings. The third kappa shape index (κ3) is 3.15. The molecule has 0 bridgehead atoms. The molecule has 0 saturated carbocycles. The Bertz CT molecular complexity index is 711. The first-order valence-corrected chi connectivity index (χ1v) is 8.65. The summed E-state index contributed by atoms with van der Waals surface area (Å²) < 4.78 is 5.14. The molecule has 0 aliphatic carbocycles. The van der Waals surface area contributed by atoms with E-state index in [1.165, 1.54) is 25.7 Å². The lowest BCUT2D eigenvalue weighted by molar-refractivity contribution is 0.706. The molecule has 2 aromatic heterocycles. The van der Waals surface area contributed by atoms with E-state index in [2.05, 4.69) is 16.9 Å². The van der Waals surface area contributed by atoms with Crippen LogP contribution in [0.1, 0.15) is 32.6 Å². The Balaban J connectivity index is 2.22. The van der Waals surface area contributed by atoms with Gasteiger partial charge in [-0.25, -0.2) is 4.98 Å². The summed E-state index contributed by atoms with van der Waals surface area (Å²) >= 11 is 12.5. The third-order valence-corrected chi connectivity index (χ3v) is 5.30. The summed E-state index contributed by atoms with van der Waals surface area (Å²) in [6, 6.07) is 0. The van der Waals surface area contributed by atoms with Crippen LogP contribution in [0, 0.1) is 9.41 Å². The number of nitrogens with one attached hydrogen (secondary N) is 1. The van der Waals surface area contributed by atoms with Gasteiger partial charge in [-0.1, -0.05) is 50.2 Å². The summed E-state index contributed by atoms with van der Waals surface area (Å²) in [6.45, 7) is 2.23. The van der Waals surface area contributed by atoms with Gasteiger partial charge in [-0.05, 0) is 18.6 Å². The molecule has 2 aromatic rings. The van der Waals surface area contributed by atoms with Crippen molar-refractivity contribution in [2.45, 2.75) is 37.8 Å². The standard InChI is InChI=1S/C13H20N4S3/c1-4-5-6-7-8-20-12-14-9-10(15-12)16(2)13(19)17(3)11(9)18/h4-8H2,1-3H3,(H,14,15). The monoisotopic (exact) mass is 328 g/mol. The van der Waals surface area contributed by atoms with Crippen molar-refractivity contribution >= 4 is 47.4 Å². The van der Waals surface area contributed by atoms with Gasteiger partial charge in [0.25, 0.3) is 0 Å². The predicted octanol–water partition coefficient (Wildman–Crippen LogP) is 4.37. The van der Waals surface area contributed by atoms with Crippen molar-refractivity contribution in [3.8, 4) is 0 Å². The van der Waals surface area contributed by atoms with Gasteiger partial charge in [-0.3, -0.25) is 0 Å². The Morgan fingerprint density at radius 2 is 1.90 bits per heavy atom. The van der Waals surface area contributed by atoms with Crippen molar-refractivity contribution < 1.29 is 0 Å². The largest absolute Gasteiger partial charge is 0.329 e. The summed E-state index contributed by atoms with van der Waals surface area (Å²) in [5.74, 6) is 1.09. The van der Waals surface area contributed by atoms with Crippen LogP contribution >= 0.6 is 36.2 Å². The number of aryl methyl sites for hydroxylation is 1. The van der Waals surface area contributed by atoms with Crippen LogP contribution in [0.5, 0.6) is 0 Å². The lowest BCUT2D eigenvalue weighted by Crippen LogP contribution is -2.05. The lowest BCUT2D eigenvalue weighted by atomic mass is 10.2. The van der Waals surface area contributed by atoms with Crippen molar-refractivity contribution in [3.63, 3.8) is 0 Å². The van der Waals surface area contributed by atoms with Crippen LogP contribution in [-0.4, -0.2) is 24.9 Å². The molecule has 0 aliphatic heterocycles. The van der Waals surface area contributed by atoms with Crippen molar-refractivity contribution in [2.24, 2.45) is 14.1 Å². The highest BCUT2D eigenvalue weighted by molar-refractivity contribution is 7.99. The summed E-state index contributed by atoms with van der Waals surface area (Å²) in [7, 11) is 3.82. The number of unbranched alkanes of at least 4 members (excludes halogenated alkanes) is 3. The zero-order valence-electron chi connectivity index (χ0n) is 12.1. The number of thioether (sulfide) groups is 1.